The summed E-state index contributed by atoms with van der Waals surface area (Å²) >= 11 is 0. The fourth-order valence-electron chi connectivity index (χ4n) is 1.08. The van der Waals surface area contributed by atoms with E-state index in [1.54, 1.807) is 18.9 Å². The van der Waals surface area contributed by atoms with Gasteiger partial charge in [-0.05, 0) is 6.92 Å². The largest absolute Gasteiger partial charge is 0.342 e. The molecule has 5 heteroatoms. The lowest BCUT2D eigenvalue weighted by molar-refractivity contribution is 0.664. The molecule has 0 saturated heterocycles. The van der Waals surface area contributed by atoms with Crippen molar-refractivity contribution in [3.8, 4) is 11.5 Å². The fourth-order valence-corrected chi connectivity index (χ4v) is 1.08. The van der Waals surface area contributed by atoms with E-state index in [-0.39, 0.29) is 0 Å². The van der Waals surface area contributed by atoms with Crippen LogP contribution in [-0.2, 0) is 6.54 Å². The highest BCUT2D eigenvalue weighted by Gasteiger charge is 2.05. The highest BCUT2D eigenvalue weighted by atomic mass is 15.3. The zero-order valence-electron chi connectivity index (χ0n) is 6.73. The van der Waals surface area contributed by atoms with E-state index in [9.17, 15) is 0 Å². The first-order valence-corrected chi connectivity index (χ1v) is 3.78. The van der Waals surface area contributed by atoms with E-state index in [4.69, 9.17) is 0 Å². The Hall–Kier alpha value is -1.65. The molecular weight excluding hydrogens is 154 g/mol. The van der Waals surface area contributed by atoms with Gasteiger partial charge in [-0.3, -0.25) is 0 Å². The van der Waals surface area contributed by atoms with Gasteiger partial charge in [0.15, 0.2) is 5.82 Å². The predicted molar refractivity (Wildman–Crippen MR) is 43.3 cm³/mol. The number of aryl methyl sites for hydroxylation is 1. The van der Waals surface area contributed by atoms with E-state index in [0.717, 1.165) is 18.1 Å². The third-order valence-corrected chi connectivity index (χ3v) is 1.65. The molecule has 0 aliphatic carbocycles. The Morgan fingerprint density at radius 3 is 3.17 bits per heavy atom. The minimum Gasteiger partial charge on any atom is -0.342 e. The van der Waals surface area contributed by atoms with Crippen molar-refractivity contribution < 1.29 is 0 Å². The minimum absolute atomic E-state index is 0.814. The highest BCUT2D eigenvalue weighted by molar-refractivity contribution is 5.46. The van der Waals surface area contributed by atoms with Crippen molar-refractivity contribution >= 4 is 0 Å². The van der Waals surface area contributed by atoms with Crippen LogP contribution in [0.3, 0.4) is 0 Å². The van der Waals surface area contributed by atoms with Crippen molar-refractivity contribution in [1.82, 2.24) is 24.7 Å². The zero-order valence-corrected chi connectivity index (χ0v) is 6.73. The number of rotatable bonds is 2. The molecule has 2 aromatic rings. The van der Waals surface area contributed by atoms with E-state index in [2.05, 4.69) is 20.1 Å². The first-order chi connectivity index (χ1) is 5.92. The molecule has 0 radical (unpaired) electrons. The van der Waals surface area contributed by atoms with Crippen LogP contribution in [0, 0.1) is 0 Å². The Balaban J connectivity index is 2.46. The van der Waals surface area contributed by atoms with Gasteiger partial charge in [0.05, 0.1) is 12.5 Å². The van der Waals surface area contributed by atoms with Crippen molar-refractivity contribution in [2.24, 2.45) is 0 Å². The highest BCUT2D eigenvalue weighted by Crippen LogP contribution is 2.10. The Labute approximate surface area is 69.5 Å². The summed E-state index contributed by atoms with van der Waals surface area (Å²) in [6.07, 6.45) is 4.90. The summed E-state index contributed by atoms with van der Waals surface area (Å²) < 4.78 is 1.81. The molecule has 2 heterocycles. The van der Waals surface area contributed by atoms with Crippen molar-refractivity contribution in [1.29, 1.82) is 0 Å². The maximum atomic E-state index is 4.11. The van der Waals surface area contributed by atoms with Crippen molar-refractivity contribution in [2.45, 2.75) is 13.5 Å². The second kappa shape index (κ2) is 2.77. The number of hydrogen-bond acceptors (Lipinski definition) is 3. The molecule has 0 atom stereocenters. The monoisotopic (exact) mass is 163 g/mol. The summed E-state index contributed by atoms with van der Waals surface area (Å²) in [5.41, 5.74) is 0.898. The molecule has 62 valence electrons. The average Bonchev–Trinajstić information content (AvgIpc) is 2.74. The quantitative estimate of drug-likeness (QED) is 0.708. The molecule has 2 aromatic heterocycles. The SMILES string of the molecule is CCn1ncnc1-c1cnc[nH]1. The van der Waals surface area contributed by atoms with Crippen LogP contribution < -0.4 is 0 Å². The zero-order chi connectivity index (χ0) is 8.39. The molecular formula is C7H9N5. The van der Waals surface area contributed by atoms with Crippen molar-refractivity contribution in [3.05, 3.63) is 18.9 Å². The third kappa shape index (κ3) is 0.990. The second-order valence-electron chi connectivity index (χ2n) is 2.36. The lowest BCUT2D eigenvalue weighted by Gasteiger charge is -1.98. The molecule has 5 nitrogen and oxygen atoms in total. The number of nitrogens with zero attached hydrogens (tertiary/aromatic N) is 4. The third-order valence-electron chi connectivity index (χ3n) is 1.65. The van der Waals surface area contributed by atoms with Crippen molar-refractivity contribution in [2.75, 3.05) is 0 Å². The van der Waals surface area contributed by atoms with E-state index >= 15 is 0 Å². The molecule has 0 bridgehead atoms. The van der Waals surface area contributed by atoms with Gasteiger partial charge in [0.2, 0.25) is 0 Å². The number of H-pyrrole nitrogens is 1. The molecule has 0 amide bonds. The van der Waals surface area contributed by atoms with Crippen LogP contribution in [0.5, 0.6) is 0 Å². The first kappa shape index (κ1) is 7.02. The summed E-state index contributed by atoms with van der Waals surface area (Å²) in [5.74, 6) is 0.829. The van der Waals surface area contributed by atoms with E-state index < -0.39 is 0 Å². The Kier molecular flexibility index (Phi) is 1.62. The lowest BCUT2D eigenvalue weighted by Crippen LogP contribution is -1.99. The smallest absolute Gasteiger partial charge is 0.176 e. The molecule has 0 saturated carbocycles. The van der Waals surface area contributed by atoms with Gasteiger partial charge in [-0.25, -0.2) is 14.6 Å². The van der Waals surface area contributed by atoms with Gasteiger partial charge < -0.3 is 4.98 Å². The van der Waals surface area contributed by atoms with E-state index in [1.165, 1.54) is 0 Å². The number of hydrogen-bond donors (Lipinski definition) is 1. The fraction of sp³-hybridized carbons (Fsp3) is 0.286. The van der Waals surface area contributed by atoms with Gasteiger partial charge in [0.25, 0.3) is 0 Å². The second-order valence-corrected chi connectivity index (χ2v) is 2.36. The number of aromatic amines is 1. The Bertz CT molecular complexity index is 348. The van der Waals surface area contributed by atoms with Crippen LogP contribution in [0.2, 0.25) is 0 Å². The van der Waals surface area contributed by atoms with Gasteiger partial charge in [-0.1, -0.05) is 0 Å². The Morgan fingerprint density at radius 1 is 1.58 bits per heavy atom. The number of nitrogens with one attached hydrogen (secondary N) is 1. The van der Waals surface area contributed by atoms with Gasteiger partial charge in [-0.2, -0.15) is 5.10 Å². The molecule has 0 aromatic carbocycles. The van der Waals surface area contributed by atoms with Crippen LogP contribution in [0.4, 0.5) is 0 Å². The summed E-state index contributed by atoms with van der Waals surface area (Å²) in [7, 11) is 0. The van der Waals surface area contributed by atoms with Crippen LogP contribution >= 0.6 is 0 Å². The first-order valence-electron chi connectivity index (χ1n) is 3.78. The van der Waals surface area contributed by atoms with Gasteiger partial charge >= 0.3 is 0 Å². The van der Waals surface area contributed by atoms with Crippen LogP contribution in [0.25, 0.3) is 11.5 Å². The Morgan fingerprint density at radius 2 is 2.50 bits per heavy atom. The summed E-state index contributed by atoms with van der Waals surface area (Å²) in [4.78, 5) is 11.0. The maximum Gasteiger partial charge on any atom is 0.176 e. The average molecular weight is 163 g/mol. The van der Waals surface area contributed by atoms with Gasteiger partial charge in [-0.15, -0.1) is 0 Å². The lowest BCUT2D eigenvalue weighted by atomic mass is 10.4. The van der Waals surface area contributed by atoms with E-state index in [1.807, 2.05) is 11.6 Å². The van der Waals surface area contributed by atoms with Crippen LogP contribution in [0.15, 0.2) is 18.9 Å². The number of aromatic nitrogens is 5. The van der Waals surface area contributed by atoms with Gasteiger partial charge in [0.1, 0.15) is 12.0 Å². The minimum atomic E-state index is 0.814. The van der Waals surface area contributed by atoms with Crippen molar-refractivity contribution in [3.63, 3.8) is 0 Å². The van der Waals surface area contributed by atoms with E-state index in [0.29, 0.717) is 0 Å². The molecule has 0 aliphatic rings. The topological polar surface area (TPSA) is 59.4 Å². The molecule has 0 unspecified atom stereocenters. The van der Waals surface area contributed by atoms with Crippen LogP contribution in [-0.4, -0.2) is 24.7 Å². The molecule has 0 aliphatic heterocycles. The number of imidazole rings is 1. The summed E-state index contributed by atoms with van der Waals surface area (Å²) in [6.45, 7) is 2.84. The maximum absolute atomic E-state index is 4.11. The molecule has 0 fully saturated rings. The van der Waals surface area contributed by atoms with Gasteiger partial charge in [0, 0.05) is 6.54 Å². The molecule has 12 heavy (non-hydrogen) atoms. The summed E-state index contributed by atoms with van der Waals surface area (Å²) in [5, 5.41) is 4.05. The summed E-state index contributed by atoms with van der Waals surface area (Å²) in [6, 6.07) is 0. The molecule has 1 N–H and O–H groups in total. The predicted octanol–water partition coefficient (Wildman–Crippen LogP) is 0.688. The molecule has 2 rings (SSSR count). The molecule has 0 spiro atoms. The van der Waals surface area contributed by atoms with Crippen LogP contribution in [0.1, 0.15) is 6.92 Å². The standard InChI is InChI=1S/C7H9N5/c1-2-12-7(10-5-11-12)6-3-8-4-9-6/h3-5H,2H2,1H3,(H,8,9). The normalized spacial score (nSPS) is 10.4.